The molecule has 1 heterocycles. The van der Waals surface area contributed by atoms with Gasteiger partial charge < -0.3 is 24.8 Å². The number of amides is 2. The van der Waals surface area contributed by atoms with E-state index >= 15 is 0 Å². The van der Waals surface area contributed by atoms with Gasteiger partial charge in [0.25, 0.3) is 5.91 Å². The summed E-state index contributed by atoms with van der Waals surface area (Å²) in [5.74, 6) is 1.29. The SMILES string of the molecule is COc1cc2c(cc1OC)C(=Cc1ccc(OC(=O)NC(C)(C)C)cc1)C(=O)N2. The molecule has 1 aliphatic rings. The minimum absolute atomic E-state index is 0.208. The highest BCUT2D eigenvalue weighted by Crippen LogP contribution is 2.41. The Kier molecular flexibility index (Phi) is 5.50. The molecule has 0 unspecified atom stereocenters. The van der Waals surface area contributed by atoms with Crippen LogP contribution in [-0.2, 0) is 4.79 Å². The summed E-state index contributed by atoms with van der Waals surface area (Å²) >= 11 is 0. The summed E-state index contributed by atoms with van der Waals surface area (Å²) in [7, 11) is 3.09. The molecule has 2 aromatic rings. The molecule has 152 valence electrons. The Balaban J connectivity index is 1.83. The van der Waals surface area contributed by atoms with Crippen LogP contribution in [-0.4, -0.2) is 31.8 Å². The molecular weight excluding hydrogens is 372 g/mol. The maximum atomic E-state index is 12.4. The average molecular weight is 396 g/mol. The van der Waals surface area contributed by atoms with Crippen LogP contribution in [0.3, 0.4) is 0 Å². The fourth-order valence-corrected chi connectivity index (χ4v) is 2.90. The third kappa shape index (κ3) is 4.68. The van der Waals surface area contributed by atoms with Crippen molar-refractivity contribution in [2.75, 3.05) is 19.5 Å². The number of methoxy groups -OCH3 is 2. The summed E-state index contributed by atoms with van der Waals surface area (Å²) < 4.78 is 15.9. The van der Waals surface area contributed by atoms with Crippen molar-refractivity contribution in [3.63, 3.8) is 0 Å². The van der Waals surface area contributed by atoms with E-state index in [1.165, 1.54) is 0 Å². The molecule has 7 heteroatoms. The van der Waals surface area contributed by atoms with Crippen molar-refractivity contribution >= 4 is 29.3 Å². The molecule has 2 amide bonds. The molecule has 7 nitrogen and oxygen atoms in total. The molecule has 29 heavy (non-hydrogen) atoms. The molecule has 0 aromatic heterocycles. The van der Waals surface area contributed by atoms with E-state index in [9.17, 15) is 9.59 Å². The first-order valence-corrected chi connectivity index (χ1v) is 9.09. The molecule has 0 bridgehead atoms. The number of benzene rings is 2. The van der Waals surface area contributed by atoms with Gasteiger partial charge >= 0.3 is 6.09 Å². The number of fused-ring (bicyclic) bond motifs is 1. The van der Waals surface area contributed by atoms with Crippen molar-refractivity contribution in [2.45, 2.75) is 26.3 Å². The second-order valence-corrected chi connectivity index (χ2v) is 7.60. The van der Waals surface area contributed by atoms with E-state index in [1.807, 2.05) is 20.8 Å². The van der Waals surface area contributed by atoms with Gasteiger partial charge in [0.2, 0.25) is 0 Å². The predicted octanol–water partition coefficient (Wildman–Crippen LogP) is 4.08. The lowest BCUT2D eigenvalue weighted by Gasteiger charge is -2.19. The molecule has 3 rings (SSSR count). The zero-order valence-corrected chi connectivity index (χ0v) is 17.1. The zero-order valence-electron chi connectivity index (χ0n) is 17.1. The Labute approximate surface area is 169 Å². The minimum Gasteiger partial charge on any atom is -0.493 e. The molecule has 0 fully saturated rings. The van der Waals surface area contributed by atoms with Gasteiger partial charge in [-0.3, -0.25) is 4.79 Å². The lowest BCUT2D eigenvalue weighted by molar-refractivity contribution is -0.110. The van der Waals surface area contributed by atoms with Crippen molar-refractivity contribution < 1.29 is 23.8 Å². The second kappa shape index (κ2) is 7.87. The van der Waals surface area contributed by atoms with Gasteiger partial charge in [0.05, 0.1) is 19.9 Å². The summed E-state index contributed by atoms with van der Waals surface area (Å²) in [6, 6.07) is 10.4. The van der Waals surface area contributed by atoms with Crippen molar-refractivity contribution in [1.82, 2.24) is 5.32 Å². The highest BCUT2D eigenvalue weighted by molar-refractivity contribution is 6.35. The van der Waals surface area contributed by atoms with Crippen LogP contribution in [0.2, 0.25) is 0 Å². The Bertz CT molecular complexity index is 972. The first-order chi connectivity index (χ1) is 13.7. The van der Waals surface area contributed by atoms with E-state index in [0.29, 0.717) is 28.5 Å². The second-order valence-electron chi connectivity index (χ2n) is 7.60. The normalized spacial score (nSPS) is 14.2. The molecule has 0 radical (unpaired) electrons. The van der Waals surface area contributed by atoms with Crippen LogP contribution in [0, 0.1) is 0 Å². The summed E-state index contributed by atoms with van der Waals surface area (Å²) in [5.41, 5.74) is 2.32. The fourth-order valence-electron chi connectivity index (χ4n) is 2.90. The molecular formula is C22H24N2O5. The van der Waals surface area contributed by atoms with Gasteiger partial charge in [0, 0.05) is 22.7 Å². The Morgan fingerprint density at radius 3 is 2.24 bits per heavy atom. The number of rotatable bonds is 4. The van der Waals surface area contributed by atoms with Crippen molar-refractivity contribution in [3.8, 4) is 17.2 Å². The standard InChI is InChI=1S/C22H24N2O5/c1-22(2,3)24-21(26)29-14-8-6-13(7-9-14)10-16-15-11-18(27-4)19(28-5)12-17(15)23-20(16)25/h6-12H,1-5H3,(H,23,25)(H,24,26). The number of carbonyl (C=O) groups excluding carboxylic acids is 2. The van der Waals surface area contributed by atoms with Gasteiger partial charge in [-0.05, 0) is 50.6 Å². The number of carbonyl (C=O) groups is 2. The third-order valence-electron chi connectivity index (χ3n) is 4.19. The maximum absolute atomic E-state index is 12.4. The first-order valence-electron chi connectivity index (χ1n) is 9.09. The smallest absolute Gasteiger partial charge is 0.413 e. The Morgan fingerprint density at radius 2 is 1.66 bits per heavy atom. The molecule has 2 N–H and O–H groups in total. The van der Waals surface area contributed by atoms with Gasteiger partial charge in [-0.2, -0.15) is 0 Å². The van der Waals surface area contributed by atoms with Crippen LogP contribution in [0.15, 0.2) is 36.4 Å². The van der Waals surface area contributed by atoms with Gasteiger partial charge in [-0.25, -0.2) is 4.79 Å². The quantitative estimate of drug-likeness (QED) is 0.761. The summed E-state index contributed by atoms with van der Waals surface area (Å²) in [6.45, 7) is 5.62. The first kappa shape index (κ1) is 20.3. The molecule has 1 aliphatic heterocycles. The van der Waals surface area contributed by atoms with E-state index in [-0.39, 0.29) is 11.4 Å². The molecule has 0 spiro atoms. The maximum Gasteiger partial charge on any atom is 0.413 e. The van der Waals surface area contributed by atoms with Crippen LogP contribution in [0.25, 0.3) is 11.6 Å². The fraction of sp³-hybridized carbons (Fsp3) is 0.273. The summed E-state index contributed by atoms with van der Waals surface area (Å²) in [6.07, 6.45) is 1.25. The lowest BCUT2D eigenvalue weighted by Crippen LogP contribution is -2.42. The zero-order chi connectivity index (χ0) is 21.2. The Morgan fingerprint density at radius 1 is 1.03 bits per heavy atom. The van der Waals surface area contributed by atoms with Gasteiger partial charge in [0.15, 0.2) is 11.5 Å². The van der Waals surface area contributed by atoms with Crippen LogP contribution in [0.5, 0.6) is 17.2 Å². The third-order valence-corrected chi connectivity index (χ3v) is 4.19. The monoisotopic (exact) mass is 396 g/mol. The number of hydrogen-bond donors (Lipinski definition) is 2. The molecule has 0 saturated heterocycles. The van der Waals surface area contributed by atoms with E-state index in [4.69, 9.17) is 14.2 Å². The predicted molar refractivity (Wildman–Crippen MR) is 111 cm³/mol. The van der Waals surface area contributed by atoms with Crippen LogP contribution in [0.4, 0.5) is 10.5 Å². The highest BCUT2D eigenvalue weighted by atomic mass is 16.6. The van der Waals surface area contributed by atoms with Gasteiger partial charge in [0.1, 0.15) is 5.75 Å². The minimum atomic E-state index is -0.520. The van der Waals surface area contributed by atoms with E-state index in [0.717, 1.165) is 11.1 Å². The van der Waals surface area contributed by atoms with Crippen LogP contribution >= 0.6 is 0 Å². The molecule has 0 saturated carbocycles. The van der Waals surface area contributed by atoms with Crippen LogP contribution in [0.1, 0.15) is 31.9 Å². The number of ether oxygens (including phenoxy) is 3. The van der Waals surface area contributed by atoms with E-state index < -0.39 is 6.09 Å². The largest absolute Gasteiger partial charge is 0.493 e. The molecule has 0 aliphatic carbocycles. The van der Waals surface area contributed by atoms with Gasteiger partial charge in [-0.1, -0.05) is 12.1 Å². The van der Waals surface area contributed by atoms with E-state index in [1.54, 1.807) is 56.7 Å². The van der Waals surface area contributed by atoms with Crippen molar-refractivity contribution in [3.05, 3.63) is 47.5 Å². The average Bonchev–Trinajstić information content (AvgIpc) is 2.95. The molecule has 2 aromatic carbocycles. The molecule has 0 atom stereocenters. The van der Waals surface area contributed by atoms with Gasteiger partial charge in [-0.15, -0.1) is 0 Å². The topological polar surface area (TPSA) is 85.9 Å². The number of hydrogen-bond acceptors (Lipinski definition) is 5. The summed E-state index contributed by atoms with van der Waals surface area (Å²) in [4.78, 5) is 24.3. The number of anilines is 1. The van der Waals surface area contributed by atoms with Crippen molar-refractivity contribution in [1.29, 1.82) is 0 Å². The lowest BCUT2D eigenvalue weighted by atomic mass is 10.0. The number of nitrogens with one attached hydrogen (secondary N) is 2. The summed E-state index contributed by atoms with van der Waals surface area (Å²) in [5, 5.41) is 5.56. The van der Waals surface area contributed by atoms with E-state index in [2.05, 4.69) is 10.6 Å². The highest BCUT2D eigenvalue weighted by Gasteiger charge is 2.26. The van der Waals surface area contributed by atoms with Crippen molar-refractivity contribution in [2.24, 2.45) is 0 Å². The van der Waals surface area contributed by atoms with Crippen LogP contribution < -0.4 is 24.8 Å². The Hall–Kier alpha value is -3.48.